The Hall–Kier alpha value is -2.99. The summed E-state index contributed by atoms with van der Waals surface area (Å²) in [5.41, 5.74) is -2.88. The molecule has 0 saturated carbocycles. The predicted molar refractivity (Wildman–Crippen MR) is 125 cm³/mol. The number of aliphatic carboxylic acids is 1. The minimum Gasteiger partial charge on any atom is -0.480 e. The molecule has 1 N–H and O–H groups in total. The zero-order valence-electron chi connectivity index (χ0n) is 18.9. The van der Waals surface area contributed by atoms with Gasteiger partial charge in [-0.1, -0.05) is 17.3 Å². The van der Waals surface area contributed by atoms with Crippen molar-refractivity contribution in [3.05, 3.63) is 71.5 Å². The van der Waals surface area contributed by atoms with Gasteiger partial charge in [0.1, 0.15) is 16.5 Å². The molecule has 0 bridgehead atoms. The Morgan fingerprint density at radius 2 is 1.60 bits per heavy atom. The standard InChI is InChI=1S/C23H22F3N3O4S2/c1-14(33-20(30)16-6-10-17(11-7-16)34-22(2,3)21(31)32)19-13-29(28-27-19)12-15-4-8-18(9-5-15)35-23(24,25)26/h4-11,13-14H,12H2,1-3H3,(H,31,32)/t14-/m1/s1. The second-order valence-corrected chi connectivity index (χ2v) is 10.9. The molecule has 35 heavy (non-hydrogen) atoms. The third-order valence-corrected chi connectivity index (χ3v) is 6.67. The fraction of sp³-hybridized carbons (Fsp3) is 0.304. The highest BCUT2D eigenvalue weighted by Gasteiger charge is 2.29. The van der Waals surface area contributed by atoms with E-state index in [1.807, 2.05) is 0 Å². The van der Waals surface area contributed by atoms with Gasteiger partial charge in [0.15, 0.2) is 0 Å². The molecule has 0 unspecified atom stereocenters. The zero-order valence-corrected chi connectivity index (χ0v) is 20.6. The first-order chi connectivity index (χ1) is 16.3. The van der Waals surface area contributed by atoms with Crippen molar-refractivity contribution in [2.24, 2.45) is 0 Å². The number of thioether (sulfide) groups is 2. The Kier molecular flexibility index (Phi) is 8.16. The van der Waals surface area contributed by atoms with Gasteiger partial charge in [-0.3, -0.25) is 4.79 Å². The number of carboxylic acids is 1. The van der Waals surface area contributed by atoms with Crippen LogP contribution in [0.4, 0.5) is 13.2 Å². The normalized spacial score (nSPS) is 12.9. The number of hydrogen-bond donors (Lipinski definition) is 1. The lowest BCUT2D eigenvalue weighted by Crippen LogP contribution is -2.26. The summed E-state index contributed by atoms with van der Waals surface area (Å²) < 4.78 is 43.3. The lowest BCUT2D eigenvalue weighted by molar-refractivity contribution is -0.138. The highest BCUT2D eigenvalue weighted by atomic mass is 32.2. The average molecular weight is 526 g/mol. The summed E-state index contributed by atoms with van der Waals surface area (Å²) in [6.07, 6.45) is 0.908. The van der Waals surface area contributed by atoms with Crippen LogP contribution in [0.2, 0.25) is 0 Å². The molecule has 2 aromatic carbocycles. The predicted octanol–water partition coefficient (Wildman–Crippen LogP) is 5.81. The van der Waals surface area contributed by atoms with Crippen molar-refractivity contribution in [3.8, 4) is 0 Å². The number of benzene rings is 2. The SMILES string of the molecule is C[C@@H](OC(=O)c1ccc(SC(C)(C)C(=O)O)cc1)c1cn(Cc2ccc(SC(F)(F)F)cc2)nn1. The molecule has 3 rings (SSSR count). The van der Waals surface area contributed by atoms with Crippen LogP contribution >= 0.6 is 23.5 Å². The molecule has 1 atom stereocenters. The van der Waals surface area contributed by atoms with Crippen LogP contribution in [0, 0.1) is 0 Å². The minimum absolute atomic E-state index is 0.0956. The van der Waals surface area contributed by atoms with Crippen LogP contribution < -0.4 is 0 Å². The van der Waals surface area contributed by atoms with Crippen molar-refractivity contribution in [3.63, 3.8) is 0 Å². The maximum Gasteiger partial charge on any atom is 0.446 e. The van der Waals surface area contributed by atoms with E-state index in [1.54, 1.807) is 63.4 Å². The van der Waals surface area contributed by atoms with E-state index in [9.17, 15) is 27.9 Å². The van der Waals surface area contributed by atoms with E-state index in [2.05, 4.69) is 10.3 Å². The highest BCUT2D eigenvalue weighted by Crippen LogP contribution is 2.36. The van der Waals surface area contributed by atoms with E-state index >= 15 is 0 Å². The van der Waals surface area contributed by atoms with Crippen molar-refractivity contribution in [1.82, 2.24) is 15.0 Å². The number of esters is 1. The van der Waals surface area contributed by atoms with Crippen LogP contribution in [-0.2, 0) is 16.1 Å². The maximum absolute atomic E-state index is 12.5. The Morgan fingerprint density at radius 3 is 2.17 bits per heavy atom. The monoisotopic (exact) mass is 525 g/mol. The summed E-state index contributed by atoms with van der Waals surface area (Å²) in [4.78, 5) is 24.6. The maximum atomic E-state index is 12.5. The van der Waals surface area contributed by atoms with Crippen LogP contribution in [0.1, 0.15) is 48.5 Å². The lowest BCUT2D eigenvalue weighted by atomic mass is 10.2. The van der Waals surface area contributed by atoms with Gasteiger partial charge in [0.25, 0.3) is 0 Å². The molecule has 12 heteroatoms. The molecule has 186 valence electrons. The Bertz CT molecular complexity index is 1180. The van der Waals surface area contributed by atoms with Gasteiger partial charge in [0, 0.05) is 9.79 Å². The number of hydrogen-bond acceptors (Lipinski definition) is 7. The van der Waals surface area contributed by atoms with Crippen LogP contribution in [0.15, 0.2) is 64.5 Å². The van der Waals surface area contributed by atoms with Gasteiger partial charge >= 0.3 is 17.4 Å². The van der Waals surface area contributed by atoms with Gasteiger partial charge in [0.05, 0.1) is 18.3 Å². The third kappa shape index (κ3) is 7.76. The van der Waals surface area contributed by atoms with E-state index in [1.165, 1.54) is 28.6 Å². The van der Waals surface area contributed by atoms with Crippen molar-refractivity contribution in [2.45, 2.75) is 53.5 Å². The molecule has 0 amide bonds. The van der Waals surface area contributed by atoms with Crippen LogP contribution in [0.3, 0.4) is 0 Å². The van der Waals surface area contributed by atoms with Crippen molar-refractivity contribution in [2.75, 3.05) is 0 Å². The zero-order chi connectivity index (χ0) is 25.8. The molecule has 1 aromatic heterocycles. The lowest BCUT2D eigenvalue weighted by Gasteiger charge is -2.18. The number of rotatable bonds is 9. The second-order valence-electron chi connectivity index (χ2n) is 8.02. The largest absolute Gasteiger partial charge is 0.480 e. The first kappa shape index (κ1) is 26.6. The van der Waals surface area contributed by atoms with E-state index in [-0.39, 0.29) is 23.2 Å². The number of halogens is 3. The second kappa shape index (κ2) is 10.7. The molecule has 0 radical (unpaired) electrons. The Labute approximate surface area is 208 Å². The van der Waals surface area contributed by atoms with Crippen LogP contribution in [0.5, 0.6) is 0 Å². The van der Waals surface area contributed by atoms with Gasteiger partial charge in [-0.05, 0) is 74.5 Å². The summed E-state index contributed by atoms with van der Waals surface area (Å²) >= 11 is 0.991. The third-order valence-electron chi connectivity index (χ3n) is 4.74. The number of carbonyl (C=O) groups is 2. The number of carboxylic acid groups (broad SMARTS) is 1. The number of carbonyl (C=O) groups excluding carboxylic acids is 1. The molecule has 0 spiro atoms. The van der Waals surface area contributed by atoms with Crippen molar-refractivity contribution >= 4 is 35.5 Å². The summed E-state index contributed by atoms with van der Waals surface area (Å²) in [5, 5.41) is 17.3. The quantitative estimate of drug-likeness (QED) is 0.276. The van der Waals surface area contributed by atoms with Gasteiger partial charge in [0.2, 0.25) is 0 Å². The van der Waals surface area contributed by atoms with Crippen LogP contribution in [0.25, 0.3) is 0 Å². The van der Waals surface area contributed by atoms with Gasteiger partial charge in [-0.15, -0.1) is 16.9 Å². The fourth-order valence-electron chi connectivity index (χ4n) is 2.85. The van der Waals surface area contributed by atoms with Crippen LogP contribution in [-0.4, -0.2) is 42.3 Å². The highest BCUT2D eigenvalue weighted by molar-refractivity contribution is 8.01. The van der Waals surface area contributed by atoms with Crippen molar-refractivity contribution < 1.29 is 32.6 Å². The number of ether oxygens (including phenoxy) is 1. The van der Waals surface area contributed by atoms with E-state index < -0.39 is 28.3 Å². The van der Waals surface area contributed by atoms with Crippen molar-refractivity contribution in [1.29, 1.82) is 0 Å². The fourth-order valence-corrected chi connectivity index (χ4v) is 4.34. The summed E-state index contributed by atoms with van der Waals surface area (Å²) in [5.74, 6) is -1.51. The molecule has 7 nitrogen and oxygen atoms in total. The number of alkyl halides is 3. The smallest absolute Gasteiger partial charge is 0.446 e. The van der Waals surface area contributed by atoms with Gasteiger partial charge < -0.3 is 9.84 Å². The number of nitrogens with zero attached hydrogens (tertiary/aromatic N) is 3. The Morgan fingerprint density at radius 1 is 1.03 bits per heavy atom. The molecule has 0 aliphatic rings. The molecule has 3 aromatic rings. The van der Waals surface area contributed by atoms with E-state index in [0.717, 1.165) is 5.56 Å². The average Bonchev–Trinajstić information content (AvgIpc) is 3.23. The van der Waals surface area contributed by atoms with Gasteiger partial charge in [-0.2, -0.15) is 13.2 Å². The summed E-state index contributed by atoms with van der Waals surface area (Å²) in [6, 6.07) is 12.4. The summed E-state index contributed by atoms with van der Waals surface area (Å²) in [6.45, 7) is 5.13. The minimum atomic E-state index is -4.34. The molecule has 0 aliphatic heterocycles. The van der Waals surface area contributed by atoms with E-state index in [4.69, 9.17) is 4.74 Å². The van der Waals surface area contributed by atoms with Gasteiger partial charge in [-0.25, -0.2) is 9.48 Å². The van der Waals surface area contributed by atoms with E-state index in [0.29, 0.717) is 16.2 Å². The Balaban J connectivity index is 1.57. The summed E-state index contributed by atoms with van der Waals surface area (Å²) in [7, 11) is 0. The molecule has 1 heterocycles. The molecule has 0 aliphatic carbocycles. The first-order valence-electron chi connectivity index (χ1n) is 10.3. The number of aromatic nitrogens is 3. The molecular weight excluding hydrogens is 503 g/mol. The molecular formula is C23H22F3N3O4S2. The molecule has 0 fully saturated rings. The first-order valence-corrected chi connectivity index (χ1v) is 11.9. The molecule has 0 saturated heterocycles. The topological polar surface area (TPSA) is 94.3 Å².